The fraction of sp³-hybridized carbons (Fsp3) is 0.364. The fourth-order valence-corrected chi connectivity index (χ4v) is 3.30. The van der Waals surface area contributed by atoms with Gasteiger partial charge in [0.2, 0.25) is 0 Å². The third-order valence-corrected chi connectivity index (χ3v) is 5.01. The van der Waals surface area contributed by atoms with Crippen LogP contribution < -0.4 is 15.5 Å². The van der Waals surface area contributed by atoms with Crippen LogP contribution in [0, 0.1) is 12.8 Å². The van der Waals surface area contributed by atoms with Crippen molar-refractivity contribution in [3.8, 4) is 0 Å². The maximum absolute atomic E-state index is 12.5. The quantitative estimate of drug-likeness (QED) is 0.827. The minimum Gasteiger partial charge on any atom is -0.338 e. The lowest BCUT2D eigenvalue weighted by atomic mass is 9.92. The Balaban J connectivity index is 1.51. The summed E-state index contributed by atoms with van der Waals surface area (Å²) >= 11 is 0. The number of anilines is 2. The summed E-state index contributed by atoms with van der Waals surface area (Å²) in [6.45, 7) is 6.05. The predicted octanol–water partition coefficient (Wildman–Crippen LogP) is 3.87. The fourth-order valence-electron chi connectivity index (χ4n) is 3.30. The molecule has 1 fully saturated rings. The molecule has 1 saturated heterocycles. The molecule has 6 heteroatoms. The van der Waals surface area contributed by atoms with Crippen LogP contribution in [0.2, 0.25) is 0 Å². The molecule has 0 unspecified atom stereocenters. The summed E-state index contributed by atoms with van der Waals surface area (Å²) in [5.74, 6) is 0.503. The van der Waals surface area contributed by atoms with Crippen LogP contribution >= 0.6 is 0 Å². The monoisotopic (exact) mass is 380 g/mol. The van der Waals surface area contributed by atoms with Crippen molar-refractivity contribution >= 4 is 23.4 Å². The van der Waals surface area contributed by atoms with E-state index in [1.165, 1.54) is 16.0 Å². The molecule has 4 amide bonds. The van der Waals surface area contributed by atoms with E-state index >= 15 is 0 Å². The molecule has 0 saturated carbocycles. The maximum Gasteiger partial charge on any atom is 0.321 e. The van der Waals surface area contributed by atoms with Gasteiger partial charge in [-0.2, -0.15) is 0 Å². The molecule has 0 spiro atoms. The van der Waals surface area contributed by atoms with Gasteiger partial charge in [0.25, 0.3) is 0 Å². The lowest BCUT2D eigenvalue weighted by Gasteiger charge is -2.39. The van der Waals surface area contributed by atoms with E-state index in [-0.39, 0.29) is 12.1 Å². The van der Waals surface area contributed by atoms with Crippen LogP contribution in [-0.4, -0.2) is 43.6 Å². The Bertz CT molecular complexity index is 829. The number of rotatable bonds is 5. The first-order valence-corrected chi connectivity index (χ1v) is 9.69. The number of amides is 4. The van der Waals surface area contributed by atoms with Crippen molar-refractivity contribution < 1.29 is 9.59 Å². The molecule has 1 aliphatic rings. The van der Waals surface area contributed by atoms with Gasteiger partial charge in [-0.05, 0) is 49.9 Å². The number of likely N-dealkylation sites (tertiary alicyclic amines) is 1. The van der Waals surface area contributed by atoms with Crippen molar-refractivity contribution in [2.75, 3.05) is 36.9 Å². The number of hydrogen-bond donors (Lipinski definition) is 2. The number of benzene rings is 2. The molecule has 3 rings (SSSR count). The van der Waals surface area contributed by atoms with Crippen LogP contribution in [0.4, 0.5) is 21.0 Å². The van der Waals surface area contributed by atoms with E-state index in [2.05, 4.69) is 41.8 Å². The first-order valence-electron chi connectivity index (χ1n) is 9.69. The van der Waals surface area contributed by atoms with Crippen LogP contribution in [0.15, 0.2) is 48.5 Å². The first kappa shape index (κ1) is 19.7. The van der Waals surface area contributed by atoms with Crippen LogP contribution in [0.5, 0.6) is 0 Å². The van der Waals surface area contributed by atoms with E-state index in [1.54, 1.807) is 13.1 Å². The van der Waals surface area contributed by atoms with E-state index in [9.17, 15) is 9.59 Å². The molecule has 0 aromatic heterocycles. The van der Waals surface area contributed by atoms with Crippen LogP contribution in [0.25, 0.3) is 0 Å². The Kier molecular flexibility index (Phi) is 6.19. The average molecular weight is 380 g/mol. The van der Waals surface area contributed by atoms with Gasteiger partial charge >= 0.3 is 12.1 Å². The SMILES string of the molecule is CCNC(=O)N(C)c1cccc(NC(=O)N2CC(Cc3ccc(C)cc3)C2)c1. The predicted molar refractivity (Wildman–Crippen MR) is 113 cm³/mol. The van der Waals surface area contributed by atoms with E-state index < -0.39 is 0 Å². The lowest BCUT2D eigenvalue weighted by molar-refractivity contribution is 0.131. The number of nitrogens with one attached hydrogen (secondary N) is 2. The summed E-state index contributed by atoms with van der Waals surface area (Å²) in [5.41, 5.74) is 3.99. The Hall–Kier alpha value is -3.02. The second-order valence-corrected chi connectivity index (χ2v) is 7.34. The highest BCUT2D eigenvalue weighted by molar-refractivity contribution is 5.94. The molecular formula is C22H28N4O2. The molecule has 0 radical (unpaired) electrons. The second kappa shape index (κ2) is 8.78. The van der Waals surface area contributed by atoms with Crippen LogP contribution in [-0.2, 0) is 6.42 Å². The van der Waals surface area contributed by atoms with E-state index in [1.807, 2.05) is 30.0 Å². The minimum atomic E-state index is -0.173. The zero-order valence-electron chi connectivity index (χ0n) is 16.7. The highest BCUT2D eigenvalue weighted by Crippen LogP contribution is 2.23. The van der Waals surface area contributed by atoms with Crippen molar-refractivity contribution in [2.45, 2.75) is 20.3 Å². The minimum absolute atomic E-state index is 0.0991. The van der Waals surface area contributed by atoms with E-state index in [0.717, 1.165) is 25.2 Å². The number of urea groups is 2. The summed E-state index contributed by atoms with van der Waals surface area (Å²) in [6, 6.07) is 15.6. The maximum atomic E-state index is 12.5. The van der Waals surface area contributed by atoms with Gasteiger partial charge in [0.1, 0.15) is 0 Å². The molecule has 2 N–H and O–H groups in total. The smallest absolute Gasteiger partial charge is 0.321 e. The number of hydrogen-bond acceptors (Lipinski definition) is 2. The lowest BCUT2D eigenvalue weighted by Crippen LogP contribution is -2.52. The second-order valence-electron chi connectivity index (χ2n) is 7.34. The molecule has 0 atom stereocenters. The molecule has 2 aromatic carbocycles. The van der Waals surface area contributed by atoms with Crippen molar-refractivity contribution in [1.82, 2.24) is 10.2 Å². The zero-order chi connectivity index (χ0) is 20.1. The molecule has 1 heterocycles. The normalized spacial score (nSPS) is 13.6. The third-order valence-electron chi connectivity index (χ3n) is 5.01. The standard InChI is InChI=1S/C22H28N4O2/c1-4-23-21(27)25(3)20-7-5-6-19(13-20)24-22(28)26-14-18(15-26)12-17-10-8-16(2)9-11-17/h5-11,13,18H,4,12,14-15H2,1-3H3,(H,23,27)(H,24,28). The topological polar surface area (TPSA) is 64.7 Å². The Morgan fingerprint density at radius 3 is 2.54 bits per heavy atom. The highest BCUT2D eigenvalue weighted by Gasteiger charge is 2.30. The van der Waals surface area contributed by atoms with Crippen molar-refractivity contribution in [3.63, 3.8) is 0 Å². The molecule has 6 nitrogen and oxygen atoms in total. The third kappa shape index (κ3) is 4.82. The van der Waals surface area contributed by atoms with E-state index in [4.69, 9.17) is 0 Å². The summed E-state index contributed by atoms with van der Waals surface area (Å²) in [5, 5.41) is 5.69. The highest BCUT2D eigenvalue weighted by atomic mass is 16.2. The summed E-state index contributed by atoms with van der Waals surface area (Å²) in [6.07, 6.45) is 0.997. The average Bonchev–Trinajstić information content (AvgIpc) is 2.65. The molecule has 0 bridgehead atoms. The van der Waals surface area contributed by atoms with Gasteiger partial charge in [-0.3, -0.25) is 4.90 Å². The number of carbonyl (C=O) groups excluding carboxylic acids is 2. The molecule has 148 valence electrons. The van der Waals surface area contributed by atoms with Gasteiger partial charge in [-0.25, -0.2) is 9.59 Å². The zero-order valence-corrected chi connectivity index (χ0v) is 16.7. The van der Waals surface area contributed by atoms with Crippen molar-refractivity contribution in [1.29, 1.82) is 0 Å². The van der Waals surface area contributed by atoms with Gasteiger partial charge in [0, 0.05) is 38.1 Å². The largest absolute Gasteiger partial charge is 0.338 e. The summed E-state index contributed by atoms with van der Waals surface area (Å²) in [7, 11) is 1.71. The molecule has 28 heavy (non-hydrogen) atoms. The van der Waals surface area contributed by atoms with Crippen LogP contribution in [0.1, 0.15) is 18.1 Å². The van der Waals surface area contributed by atoms with Crippen molar-refractivity contribution in [2.24, 2.45) is 5.92 Å². The Morgan fingerprint density at radius 2 is 1.86 bits per heavy atom. The summed E-state index contributed by atoms with van der Waals surface area (Å²) in [4.78, 5) is 27.8. The number of aryl methyl sites for hydroxylation is 1. The first-order chi connectivity index (χ1) is 13.5. The van der Waals surface area contributed by atoms with Gasteiger partial charge < -0.3 is 15.5 Å². The Labute approximate surface area is 166 Å². The number of carbonyl (C=O) groups is 2. The van der Waals surface area contributed by atoms with E-state index in [0.29, 0.717) is 18.2 Å². The van der Waals surface area contributed by atoms with Gasteiger partial charge in [0.05, 0.1) is 0 Å². The van der Waals surface area contributed by atoms with Gasteiger partial charge in [0.15, 0.2) is 0 Å². The van der Waals surface area contributed by atoms with Gasteiger partial charge in [-0.15, -0.1) is 0 Å². The molecular weight excluding hydrogens is 352 g/mol. The molecule has 0 aliphatic carbocycles. The van der Waals surface area contributed by atoms with Crippen LogP contribution in [0.3, 0.4) is 0 Å². The van der Waals surface area contributed by atoms with Crippen molar-refractivity contribution in [3.05, 3.63) is 59.7 Å². The molecule has 1 aliphatic heterocycles. The Morgan fingerprint density at radius 1 is 1.14 bits per heavy atom. The number of nitrogens with zero attached hydrogens (tertiary/aromatic N) is 2. The van der Waals surface area contributed by atoms with Gasteiger partial charge in [-0.1, -0.05) is 35.9 Å². The molecule has 2 aromatic rings. The summed E-state index contributed by atoms with van der Waals surface area (Å²) < 4.78 is 0.